The molecule has 1 aliphatic rings. The van der Waals surface area contributed by atoms with Crippen molar-refractivity contribution in [1.82, 2.24) is 4.90 Å². The van der Waals surface area contributed by atoms with Crippen LogP contribution in [0.5, 0.6) is 0 Å². The molecular weight excluding hydrogens is 504 g/mol. The van der Waals surface area contributed by atoms with Crippen LogP contribution >= 0.6 is 23.4 Å². The van der Waals surface area contributed by atoms with Gasteiger partial charge in [-0.2, -0.15) is 0 Å². The van der Waals surface area contributed by atoms with Crippen molar-refractivity contribution >= 4 is 58.1 Å². The molecule has 8 nitrogen and oxygen atoms in total. The number of thioether (sulfide) groups is 1. The fourth-order valence-electron chi connectivity index (χ4n) is 3.35. The first-order chi connectivity index (χ1) is 17.2. The molecule has 0 unspecified atom stereocenters. The highest BCUT2D eigenvalue weighted by Crippen LogP contribution is 2.33. The van der Waals surface area contributed by atoms with Gasteiger partial charge in [0.15, 0.2) is 0 Å². The Balaban J connectivity index is 1.42. The number of carbonyl (C=O) groups excluding carboxylic acids is 4. The van der Waals surface area contributed by atoms with Gasteiger partial charge in [0.2, 0.25) is 5.91 Å². The molecule has 0 atom stereocenters. The quantitative estimate of drug-likeness (QED) is 0.309. The zero-order valence-electron chi connectivity index (χ0n) is 19.4. The Kier molecular flexibility index (Phi) is 7.61. The molecule has 2 aromatic carbocycles. The summed E-state index contributed by atoms with van der Waals surface area (Å²) in [5.74, 6) is -0.629. The van der Waals surface area contributed by atoms with Gasteiger partial charge in [-0.15, -0.1) is 0 Å². The van der Waals surface area contributed by atoms with Crippen molar-refractivity contribution in [3.8, 4) is 11.3 Å². The average Bonchev–Trinajstić information content (AvgIpc) is 3.42. The van der Waals surface area contributed by atoms with Crippen molar-refractivity contribution in [3.63, 3.8) is 0 Å². The lowest BCUT2D eigenvalue weighted by Gasteiger charge is -2.12. The van der Waals surface area contributed by atoms with E-state index in [0.29, 0.717) is 34.4 Å². The van der Waals surface area contributed by atoms with Gasteiger partial charge in [0.25, 0.3) is 11.1 Å². The molecule has 4 rings (SSSR count). The number of benzene rings is 2. The van der Waals surface area contributed by atoms with Crippen LogP contribution < -0.4 is 5.32 Å². The predicted molar refractivity (Wildman–Crippen MR) is 138 cm³/mol. The summed E-state index contributed by atoms with van der Waals surface area (Å²) in [6.45, 7) is 3.44. The van der Waals surface area contributed by atoms with Crippen LogP contribution in [-0.2, 0) is 14.3 Å². The fourth-order valence-corrected chi connectivity index (χ4v) is 4.35. The van der Waals surface area contributed by atoms with Crippen LogP contribution in [0.25, 0.3) is 17.4 Å². The number of hydrogen-bond acceptors (Lipinski definition) is 7. The van der Waals surface area contributed by atoms with E-state index >= 15 is 0 Å². The summed E-state index contributed by atoms with van der Waals surface area (Å²) in [6, 6.07) is 15.1. The summed E-state index contributed by atoms with van der Waals surface area (Å²) in [5.41, 5.74) is 2.48. The molecule has 184 valence electrons. The molecule has 3 amide bonds. The zero-order chi connectivity index (χ0) is 25.8. The average molecular weight is 525 g/mol. The normalized spacial score (nSPS) is 14.4. The maximum atomic E-state index is 12.8. The number of amides is 3. The summed E-state index contributed by atoms with van der Waals surface area (Å²) in [7, 11) is 0. The Morgan fingerprint density at radius 3 is 2.56 bits per heavy atom. The lowest BCUT2D eigenvalue weighted by atomic mass is 10.1. The monoisotopic (exact) mass is 524 g/mol. The molecule has 10 heteroatoms. The minimum absolute atomic E-state index is 0.143. The summed E-state index contributed by atoms with van der Waals surface area (Å²) in [5, 5.41) is 2.58. The molecule has 0 saturated carbocycles. The van der Waals surface area contributed by atoms with Crippen molar-refractivity contribution in [2.45, 2.75) is 13.8 Å². The molecule has 36 heavy (non-hydrogen) atoms. The van der Waals surface area contributed by atoms with Crippen LogP contribution in [0.4, 0.5) is 10.5 Å². The second-order valence-corrected chi connectivity index (χ2v) is 9.18. The third-order valence-corrected chi connectivity index (χ3v) is 6.53. The van der Waals surface area contributed by atoms with Gasteiger partial charge in [0.05, 0.1) is 17.1 Å². The molecule has 2 heterocycles. The Morgan fingerprint density at radius 1 is 1.11 bits per heavy atom. The van der Waals surface area contributed by atoms with Gasteiger partial charge < -0.3 is 14.5 Å². The third-order valence-electron chi connectivity index (χ3n) is 5.21. The summed E-state index contributed by atoms with van der Waals surface area (Å²) >= 11 is 6.80. The maximum Gasteiger partial charge on any atom is 0.338 e. The Bertz CT molecular complexity index is 1380. The topological polar surface area (TPSA) is 106 Å². The molecule has 1 N–H and O–H groups in total. The largest absolute Gasteiger partial charge is 0.462 e. The highest BCUT2D eigenvalue weighted by atomic mass is 35.5. The van der Waals surface area contributed by atoms with Crippen molar-refractivity contribution in [3.05, 3.63) is 81.4 Å². The minimum atomic E-state index is -0.584. The van der Waals surface area contributed by atoms with Gasteiger partial charge in [0, 0.05) is 22.3 Å². The number of furan rings is 1. The molecule has 1 aliphatic heterocycles. The van der Waals surface area contributed by atoms with E-state index in [1.807, 2.05) is 6.92 Å². The number of aryl methyl sites for hydroxylation is 1. The Hall–Kier alpha value is -3.82. The lowest BCUT2D eigenvalue weighted by molar-refractivity contribution is -0.127. The molecule has 0 radical (unpaired) electrons. The molecule has 3 aromatic rings. The predicted octanol–water partition coefficient (Wildman–Crippen LogP) is 5.76. The number of nitrogens with zero attached hydrogens (tertiary/aromatic N) is 1. The summed E-state index contributed by atoms with van der Waals surface area (Å²) < 4.78 is 10.8. The van der Waals surface area contributed by atoms with Crippen LogP contribution in [0.2, 0.25) is 5.02 Å². The van der Waals surface area contributed by atoms with Gasteiger partial charge >= 0.3 is 5.97 Å². The number of imide groups is 1. The van der Waals surface area contributed by atoms with Gasteiger partial charge in [-0.05, 0) is 67.6 Å². The van der Waals surface area contributed by atoms with Gasteiger partial charge in [0.1, 0.15) is 18.1 Å². The molecule has 0 spiro atoms. The molecule has 0 aliphatic carbocycles. The van der Waals surface area contributed by atoms with Crippen LogP contribution in [0.1, 0.15) is 28.6 Å². The van der Waals surface area contributed by atoms with Crippen molar-refractivity contribution in [2.24, 2.45) is 0 Å². The summed E-state index contributed by atoms with van der Waals surface area (Å²) in [4.78, 5) is 50.4. The molecule has 0 bridgehead atoms. The van der Waals surface area contributed by atoms with Crippen molar-refractivity contribution < 1.29 is 28.3 Å². The van der Waals surface area contributed by atoms with E-state index in [-0.39, 0.29) is 4.91 Å². The van der Waals surface area contributed by atoms with E-state index in [1.165, 1.54) is 6.08 Å². The first kappa shape index (κ1) is 25.3. The molecule has 1 saturated heterocycles. The minimum Gasteiger partial charge on any atom is -0.462 e. The van der Waals surface area contributed by atoms with E-state index in [4.69, 9.17) is 20.8 Å². The van der Waals surface area contributed by atoms with Crippen LogP contribution in [0.3, 0.4) is 0 Å². The smallest absolute Gasteiger partial charge is 0.338 e. The SMILES string of the molecule is CCOC(=O)c1ccc(-c2ccc(/C=C3/SC(=O)N(CC(=O)Nc4ccc(C)c(Cl)c4)C3=O)o2)cc1. The van der Waals surface area contributed by atoms with Crippen LogP contribution in [0, 0.1) is 6.92 Å². The van der Waals surface area contributed by atoms with Crippen LogP contribution in [0.15, 0.2) is 63.9 Å². The van der Waals surface area contributed by atoms with E-state index < -0.39 is 29.6 Å². The maximum absolute atomic E-state index is 12.8. The number of ether oxygens (including phenoxy) is 1. The number of nitrogens with one attached hydrogen (secondary N) is 1. The van der Waals surface area contributed by atoms with E-state index in [9.17, 15) is 19.2 Å². The number of rotatable bonds is 7. The molecular formula is C26H21ClN2O6S. The lowest BCUT2D eigenvalue weighted by Crippen LogP contribution is -2.36. The standard InChI is InChI=1S/C26H21ClN2O6S/c1-3-34-25(32)17-7-5-16(6-8-17)21-11-10-19(35-21)13-22-24(31)29(26(33)36-22)14-23(30)28-18-9-4-15(2)20(27)12-18/h4-13H,3,14H2,1-2H3,(H,28,30)/b22-13+. The Labute approximate surface area is 216 Å². The highest BCUT2D eigenvalue weighted by molar-refractivity contribution is 8.18. The zero-order valence-corrected chi connectivity index (χ0v) is 20.9. The second-order valence-electron chi connectivity index (χ2n) is 7.78. The number of anilines is 1. The summed E-state index contributed by atoms with van der Waals surface area (Å²) in [6.07, 6.45) is 1.46. The van der Waals surface area contributed by atoms with Crippen molar-refractivity contribution in [1.29, 1.82) is 0 Å². The second kappa shape index (κ2) is 10.8. The first-order valence-corrected chi connectivity index (χ1v) is 12.1. The third kappa shape index (κ3) is 5.69. The number of esters is 1. The first-order valence-electron chi connectivity index (χ1n) is 10.9. The van der Waals surface area contributed by atoms with Gasteiger partial charge in [-0.3, -0.25) is 19.3 Å². The van der Waals surface area contributed by atoms with E-state index in [0.717, 1.165) is 27.8 Å². The Morgan fingerprint density at radius 2 is 1.86 bits per heavy atom. The number of carbonyl (C=O) groups is 4. The fraction of sp³-hybridized carbons (Fsp3) is 0.154. The van der Waals surface area contributed by atoms with E-state index in [1.54, 1.807) is 61.5 Å². The van der Waals surface area contributed by atoms with Gasteiger partial charge in [-0.25, -0.2) is 4.79 Å². The van der Waals surface area contributed by atoms with Crippen LogP contribution in [-0.4, -0.2) is 41.1 Å². The van der Waals surface area contributed by atoms with E-state index in [2.05, 4.69) is 5.32 Å². The highest BCUT2D eigenvalue weighted by Gasteiger charge is 2.36. The van der Waals surface area contributed by atoms with Gasteiger partial charge in [-0.1, -0.05) is 29.8 Å². The van der Waals surface area contributed by atoms with Crippen molar-refractivity contribution in [2.75, 3.05) is 18.5 Å². The molecule has 1 fully saturated rings. The number of hydrogen-bond donors (Lipinski definition) is 1. The number of halogens is 1. The molecule has 1 aromatic heterocycles.